The highest BCUT2D eigenvalue weighted by atomic mass is 32.2. The Balaban J connectivity index is 2.29. The monoisotopic (exact) mass is 319 g/mol. The Morgan fingerprint density at radius 2 is 1.95 bits per heavy atom. The highest BCUT2D eigenvalue weighted by molar-refractivity contribution is 7.89. The predicted octanol–water partition coefficient (Wildman–Crippen LogP) is 2.18. The molecule has 0 saturated heterocycles. The van der Waals surface area contributed by atoms with E-state index in [0.717, 1.165) is 25.0 Å². The van der Waals surface area contributed by atoms with Crippen LogP contribution in [0.5, 0.6) is 0 Å². The molecule has 0 atom stereocenters. The standard InChI is InChI=1S/C14H19F2NO3S/c1-10-4-6-14(9-18,7-5-10)17-21(19,20)13-8-11(15)2-3-12(13)16/h2-3,8,10,17-18H,4-7,9H2,1H3. The van der Waals surface area contributed by atoms with E-state index in [0.29, 0.717) is 24.8 Å². The van der Waals surface area contributed by atoms with E-state index in [4.69, 9.17) is 0 Å². The number of hydrogen-bond acceptors (Lipinski definition) is 3. The molecule has 1 saturated carbocycles. The predicted molar refractivity (Wildman–Crippen MR) is 74.1 cm³/mol. The number of nitrogens with one attached hydrogen (secondary N) is 1. The van der Waals surface area contributed by atoms with E-state index in [1.54, 1.807) is 0 Å². The van der Waals surface area contributed by atoms with Crippen LogP contribution in [0.25, 0.3) is 0 Å². The zero-order valence-corrected chi connectivity index (χ0v) is 12.6. The van der Waals surface area contributed by atoms with Crippen molar-refractivity contribution in [3.8, 4) is 0 Å². The molecule has 1 aliphatic carbocycles. The zero-order valence-electron chi connectivity index (χ0n) is 11.8. The Kier molecular flexibility index (Phi) is 4.65. The molecule has 21 heavy (non-hydrogen) atoms. The van der Waals surface area contributed by atoms with Gasteiger partial charge in [0.25, 0.3) is 0 Å². The molecule has 0 heterocycles. The minimum Gasteiger partial charge on any atom is -0.394 e. The van der Waals surface area contributed by atoms with Gasteiger partial charge in [0.2, 0.25) is 10.0 Å². The van der Waals surface area contributed by atoms with Crippen molar-refractivity contribution in [3.05, 3.63) is 29.8 Å². The largest absolute Gasteiger partial charge is 0.394 e. The summed E-state index contributed by atoms with van der Waals surface area (Å²) in [7, 11) is -4.23. The second-order valence-electron chi connectivity index (χ2n) is 5.80. The minimum atomic E-state index is -4.23. The first-order valence-electron chi connectivity index (χ1n) is 6.88. The van der Waals surface area contributed by atoms with Crippen LogP contribution in [0.15, 0.2) is 23.1 Å². The zero-order chi connectivity index (χ0) is 15.7. The molecule has 2 N–H and O–H groups in total. The third kappa shape index (κ3) is 3.59. The SMILES string of the molecule is CC1CCC(CO)(NS(=O)(=O)c2cc(F)ccc2F)CC1. The van der Waals surface area contributed by atoms with Gasteiger partial charge in [0.15, 0.2) is 0 Å². The fraction of sp³-hybridized carbons (Fsp3) is 0.571. The van der Waals surface area contributed by atoms with Crippen LogP contribution in [-0.4, -0.2) is 25.7 Å². The van der Waals surface area contributed by atoms with Crippen molar-refractivity contribution in [2.45, 2.75) is 43.0 Å². The molecule has 0 spiro atoms. The van der Waals surface area contributed by atoms with E-state index in [1.807, 2.05) is 0 Å². The molecule has 4 nitrogen and oxygen atoms in total. The number of benzene rings is 1. The van der Waals surface area contributed by atoms with Gasteiger partial charge < -0.3 is 5.11 Å². The van der Waals surface area contributed by atoms with Crippen molar-refractivity contribution in [3.63, 3.8) is 0 Å². The summed E-state index contributed by atoms with van der Waals surface area (Å²) in [6.45, 7) is 1.69. The van der Waals surface area contributed by atoms with Gasteiger partial charge in [-0.1, -0.05) is 6.92 Å². The van der Waals surface area contributed by atoms with E-state index in [-0.39, 0.29) is 6.61 Å². The Morgan fingerprint density at radius 3 is 2.52 bits per heavy atom. The highest BCUT2D eigenvalue weighted by Crippen LogP contribution is 2.33. The summed E-state index contributed by atoms with van der Waals surface area (Å²) in [4.78, 5) is -0.728. The lowest BCUT2D eigenvalue weighted by atomic mass is 9.78. The second-order valence-corrected chi connectivity index (χ2v) is 7.45. The van der Waals surface area contributed by atoms with Crippen LogP contribution in [0.1, 0.15) is 32.6 Å². The quantitative estimate of drug-likeness (QED) is 0.894. The summed E-state index contributed by atoms with van der Waals surface area (Å²) >= 11 is 0. The average Bonchev–Trinajstić information content (AvgIpc) is 2.44. The molecule has 0 aliphatic heterocycles. The van der Waals surface area contributed by atoms with Crippen molar-refractivity contribution >= 4 is 10.0 Å². The van der Waals surface area contributed by atoms with Crippen LogP contribution in [0.4, 0.5) is 8.78 Å². The maximum absolute atomic E-state index is 13.7. The second kappa shape index (κ2) is 5.98. The minimum absolute atomic E-state index is 0.365. The molecule has 0 unspecified atom stereocenters. The van der Waals surface area contributed by atoms with Gasteiger partial charge in [-0.3, -0.25) is 0 Å². The van der Waals surface area contributed by atoms with Gasteiger partial charge >= 0.3 is 0 Å². The van der Waals surface area contributed by atoms with E-state index in [1.165, 1.54) is 0 Å². The fourth-order valence-corrected chi connectivity index (χ4v) is 4.17. The van der Waals surface area contributed by atoms with E-state index >= 15 is 0 Å². The van der Waals surface area contributed by atoms with Crippen LogP contribution in [-0.2, 0) is 10.0 Å². The van der Waals surface area contributed by atoms with Gasteiger partial charge in [-0.15, -0.1) is 0 Å². The smallest absolute Gasteiger partial charge is 0.244 e. The summed E-state index contributed by atoms with van der Waals surface area (Å²) in [5, 5.41) is 9.57. The summed E-state index contributed by atoms with van der Waals surface area (Å²) in [6.07, 6.45) is 2.49. The maximum atomic E-state index is 13.7. The molecular formula is C14H19F2NO3S. The number of sulfonamides is 1. The van der Waals surface area contributed by atoms with Gasteiger partial charge in [0.05, 0.1) is 12.1 Å². The maximum Gasteiger partial charge on any atom is 0.244 e. The lowest BCUT2D eigenvalue weighted by Crippen LogP contribution is -2.53. The van der Waals surface area contributed by atoms with E-state index in [9.17, 15) is 22.3 Å². The Bertz CT molecular complexity index is 611. The summed E-state index contributed by atoms with van der Waals surface area (Å²) in [5.74, 6) is -1.38. The molecule has 0 aromatic heterocycles. The van der Waals surface area contributed by atoms with E-state index in [2.05, 4.69) is 11.6 Å². The van der Waals surface area contributed by atoms with Gasteiger partial charge in [-0.25, -0.2) is 21.9 Å². The molecule has 2 rings (SSSR count). The normalized spacial score (nSPS) is 26.8. The number of aliphatic hydroxyl groups excluding tert-OH is 1. The summed E-state index contributed by atoms with van der Waals surface area (Å²) < 4.78 is 53.8. The Hall–Kier alpha value is -1.05. The van der Waals surface area contributed by atoms with Gasteiger partial charge in [0, 0.05) is 0 Å². The first-order valence-corrected chi connectivity index (χ1v) is 8.36. The molecule has 1 fully saturated rings. The number of aliphatic hydroxyl groups is 1. The molecule has 1 aromatic carbocycles. The first-order chi connectivity index (χ1) is 9.78. The number of halogens is 2. The highest BCUT2D eigenvalue weighted by Gasteiger charge is 2.38. The molecule has 7 heteroatoms. The van der Waals surface area contributed by atoms with Crippen molar-refractivity contribution in [1.82, 2.24) is 4.72 Å². The molecule has 118 valence electrons. The fourth-order valence-electron chi connectivity index (χ4n) is 2.63. The molecular weight excluding hydrogens is 300 g/mol. The van der Waals surface area contributed by atoms with Crippen molar-refractivity contribution in [1.29, 1.82) is 0 Å². The van der Waals surface area contributed by atoms with Crippen LogP contribution >= 0.6 is 0 Å². The molecule has 1 aliphatic rings. The van der Waals surface area contributed by atoms with Crippen LogP contribution in [0.3, 0.4) is 0 Å². The lowest BCUT2D eigenvalue weighted by molar-refractivity contribution is 0.125. The third-order valence-corrected chi connectivity index (χ3v) is 5.66. The van der Waals surface area contributed by atoms with Crippen LogP contribution < -0.4 is 4.72 Å². The van der Waals surface area contributed by atoms with Gasteiger partial charge in [0.1, 0.15) is 16.5 Å². The topological polar surface area (TPSA) is 66.4 Å². The first kappa shape index (κ1) is 16.3. The van der Waals surface area contributed by atoms with Crippen LogP contribution in [0, 0.1) is 17.6 Å². The molecule has 0 radical (unpaired) electrons. The van der Waals surface area contributed by atoms with Gasteiger partial charge in [-0.2, -0.15) is 0 Å². The molecule has 1 aromatic rings. The Labute approximate surface area is 123 Å². The molecule has 0 amide bonds. The molecule has 0 bridgehead atoms. The Morgan fingerprint density at radius 1 is 1.33 bits per heavy atom. The van der Waals surface area contributed by atoms with Crippen LogP contribution in [0.2, 0.25) is 0 Å². The number of rotatable bonds is 4. The van der Waals surface area contributed by atoms with Gasteiger partial charge in [-0.05, 0) is 49.8 Å². The third-order valence-electron chi connectivity index (χ3n) is 4.07. The van der Waals surface area contributed by atoms with Crippen molar-refractivity contribution in [2.75, 3.05) is 6.61 Å². The van der Waals surface area contributed by atoms with Crippen molar-refractivity contribution in [2.24, 2.45) is 5.92 Å². The lowest BCUT2D eigenvalue weighted by Gasteiger charge is -2.38. The van der Waals surface area contributed by atoms with Crippen molar-refractivity contribution < 1.29 is 22.3 Å². The summed E-state index contributed by atoms with van der Waals surface area (Å²) in [5.41, 5.74) is -0.996. The number of hydrogen-bond donors (Lipinski definition) is 2. The average molecular weight is 319 g/mol. The van der Waals surface area contributed by atoms with E-state index < -0.39 is 32.1 Å². The summed E-state index contributed by atoms with van der Waals surface area (Å²) in [6, 6.07) is 2.28.